The Hall–Kier alpha value is -1.45. The van der Waals surface area contributed by atoms with E-state index in [1.165, 1.54) is 0 Å². The number of carbonyl (C=O) groups is 1. The molecule has 0 radical (unpaired) electrons. The number of rotatable bonds is 2. The molecule has 0 fully saturated rings. The Morgan fingerprint density at radius 2 is 1.83 bits per heavy atom. The lowest BCUT2D eigenvalue weighted by atomic mass is 9.86. The molecule has 5 heteroatoms. The van der Waals surface area contributed by atoms with Crippen molar-refractivity contribution in [3.8, 4) is 0 Å². The average molecular weight is 283 g/mol. The fraction of sp³-hybridized carbons (Fsp3) is 0.154. The molecule has 1 amide bonds. The van der Waals surface area contributed by atoms with Crippen molar-refractivity contribution in [1.29, 1.82) is 0 Å². The van der Waals surface area contributed by atoms with Crippen LogP contribution < -0.4 is 11.5 Å². The predicted octanol–water partition coefficient (Wildman–Crippen LogP) is 2.64. The van der Waals surface area contributed by atoms with E-state index in [1.54, 1.807) is 36.4 Å². The predicted molar refractivity (Wildman–Crippen MR) is 74.2 cm³/mol. The third-order valence-corrected chi connectivity index (χ3v) is 4.03. The van der Waals surface area contributed by atoms with E-state index in [1.807, 2.05) is 0 Å². The number of primary amides is 1. The monoisotopic (exact) mass is 282 g/mol. The largest absolute Gasteiger partial charge is 0.399 e. The van der Waals surface area contributed by atoms with Gasteiger partial charge in [-0.1, -0.05) is 29.8 Å². The Morgan fingerprint density at radius 1 is 1.22 bits per heavy atom. The molecule has 1 aromatic rings. The van der Waals surface area contributed by atoms with E-state index in [0.717, 1.165) is 5.56 Å². The number of carbonyl (C=O) groups excluding carboxylic acids is 1. The molecule has 1 unspecified atom stereocenters. The number of hydrogen-bond acceptors (Lipinski definition) is 2. The average Bonchev–Trinajstić information content (AvgIpc) is 2.33. The zero-order valence-corrected chi connectivity index (χ0v) is 11.0. The third-order valence-electron chi connectivity index (χ3n) is 2.93. The summed E-state index contributed by atoms with van der Waals surface area (Å²) in [5.74, 6) is -0.490. The molecule has 3 nitrogen and oxygen atoms in total. The van der Waals surface area contributed by atoms with Crippen LogP contribution in [0.2, 0.25) is 0 Å². The van der Waals surface area contributed by atoms with Crippen LogP contribution in [0, 0.1) is 0 Å². The van der Waals surface area contributed by atoms with Gasteiger partial charge in [0.05, 0.1) is 0 Å². The summed E-state index contributed by atoms with van der Waals surface area (Å²) >= 11 is 12.7. The molecule has 0 aromatic heterocycles. The van der Waals surface area contributed by atoms with Gasteiger partial charge in [-0.15, -0.1) is 11.6 Å². The van der Waals surface area contributed by atoms with Gasteiger partial charge in [-0.2, -0.15) is 0 Å². The smallest absolute Gasteiger partial charge is 0.244 e. The van der Waals surface area contributed by atoms with Gasteiger partial charge in [0.15, 0.2) is 0 Å². The minimum absolute atomic E-state index is 0.267. The first kappa shape index (κ1) is 13.0. The van der Waals surface area contributed by atoms with E-state index < -0.39 is 10.8 Å². The lowest BCUT2D eigenvalue weighted by molar-refractivity contribution is -0.114. The first-order valence-electron chi connectivity index (χ1n) is 5.35. The van der Waals surface area contributed by atoms with Crippen LogP contribution in [0.15, 0.2) is 47.0 Å². The van der Waals surface area contributed by atoms with Gasteiger partial charge in [-0.05, 0) is 23.8 Å². The standard InChI is InChI=1S/C13H12Cl2N2O/c14-11-6-1-8(12(17)18)7-13(11,15)9-2-4-10(16)5-3-9/h1-6H,7,16H2,(H2,17,18). The number of allylic oxidation sites excluding steroid dienone is 3. The second-order valence-electron chi connectivity index (χ2n) is 4.17. The maximum Gasteiger partial charge on any atom is 0.244 e. The zero-order valence-electron chi connectivity index (χ0n) is 9.49. The lowest BCUT2D eigenvalue weighted by Gasteiger charge is -2.30. The molecular weight excluding hydrogens is 271 g/mol. The first-order valence-corrected chi connectivity index (χ1v) is 6.10. The van der Waals surface area contributed by atoms with Crippen molar-refractivity contribution in [3.63, 3.8) is 0 Å². The summed E-state index contributed by atoms with van der Waals surface area (Å²) in [6.07, 6.45) is 3.47. The molecule has 94 valence electrons. The SMILES string of the molecule is NC(=O)C1=CC=C(Cl)C(Cl)(c2ccc(N)cc2)C1. The molecular formula is C13H12Cl2N2O. The second-order valence-corrected chi connectivity index (χ2v) is 5.22. The molecule has 4 N–H and O–H groups in total. The summed E-state index contributed by atoms with van der Waals surface area (Å²) in [6.45, 7) is 0. The van der Waals surface area contributed by atoms with Gasteiger partial charge in [0.1, 0.15) is 4.87 Å². The van der Waals surface area contributed by atoms with Crippen LogP contribution in [-0.2, 0) is 9.67 Å². The van der Waals surface area contributed by atoms with Gasteiger partial charge in [0.25, 0.3) is 0 Å². The Labute approximate surface area is 115 Å². The highest BCUT2D eigenvalue weighted by Gasteiger charge is 2.37. The summed E-state index contributed by atoms with van der Waals surface area (Å²) in [7, 11) is 0. The van der Waals surface area contributed by atoms with Gasteiger partial charge in [-0.3, -0.25) is 4.79 Å². The van der Waals surface area contributed by atoms with Crippen LogP contribution >= 0.6 is 23.2 Å². The number of nitrogen functional groups attached to an aromatic ring is 1. The van der Waals surface area contributed by atoms with Crippen molar-refractivity contribution >= 4 is 34.8 Å². The maximum atomic E-state index is 11.2. The van der Waals surface area contributed by atoms with E-state index in [9.17, 15) is 4.79 Å². The number of benzene rings is 1. The van der Waals surface area contributed by atoms with E-state index >= 15 is 0 Å². The Kier molecular flexibility index (Phi) is 3.37. The van der Waals surface area contributed by atoms with Crippen molar-refractivity contribution in [3.05, 3.63) is 52.6 Å². The second kappa shape index (κ2) is 4.67. The quantitative estimate of drug-likeness (QED) is 0.647. The Balaban J connectivity index is 2.43. The van der Waals surface area contributed by atoms with Gasteiger partial charge in [-0.25, -0.2) is 0 Å². The number of halogens is 2. The minimum atomic E-state index is -0.950. The van der Waals surface area contributed by atoms with Crippen LogP contribution in [0.5, 0.6) is 0 Å². The summed E-state index contributed by atoms with van der Waals surface area (Å²) in [5.41, 5.74) is 12.8. The number of nitrogens with two attached hydrogens (primary N) is 2. The molecule has 1 atom stereocenters. The third kappa shape index (κ3) is 2.24. The minimum Gasteiger partial charge on any atom is -0.399 e. The van der Waals surface area contributed by atoms with Crippen molar-refractivity contribution < 1.29 is 4.79 Å². The lowest BCUT2D eigenvalue weighted by Crippen LogP contribution is -2.27. The molecule has 1 aliphatic carbocycles. The highest BCUT2D eigenvalue weighted by Crippen LogP contribution is 2.46. The topological polar surface area (TPSA) is 69.1 Å². The van der Waals surface area contributed by atoms with Crippen LogP contribution in [0.4, 0.5) is 5.69 Å². The Bertz CT molecular complexity index is 549. The van der Waals surface area contributed by atoms with E-state index in [0.29, 0.717) is 16.3 Å². The normalized spacial score (nSPS) is 23.2. The molecule has 1 aromatic carbocycles. The molecule has 0 saturated carbocycles. The van der Waals surface area contributed by atoms with Crippen LogP contribution in [0.25, 0.3) is 0 Å². The van der Waals surface area contributed by atoms with Crippen LogP contribution in [0.1, 0.15) is 12.0 Å². The summed E-state index contributed by atoms with van der Waals surface area (Å²) in [5, 5.41) is 0.457. The summed E-state index contributed by atoms with van der Waals surface area (Å²) in [4.78, 5) is 10.3. The van der Waals surface area contributed by atoms with Crippen molar-refractivity contribution in [1.82, 2.24) is 0 Å². The van der Waals surface area contributed by atoms with Gasteiger partial charge in [0, 0.05) is 22.7 Å². The summed E-state index contributed by atoms with van der Waals surface area (Å²) in [6, 6.07) is 7.07. The molecule has 2 rings (SSSR count). The number of hydrogen-bond donors (Lipinski definition) is 2. The van der Waals surface area contributed by atoms with Crippen LogP contribution in [0.3, 0.4) is 0 Å². The van der Waals surface area contributed by atoms with Crippen molar-refractivity contribution in [2.75, 3.05) is 5.73 Å². The first-order chi connectivity index (χ1) is 8.43. The molecule has 18 heavy (non-hydrogen) atoms. The summed E-state index contributed by atoms with van der Waals surface area (Å²) < 4.78 is 0. The molecule has 0 bridgehead atoms. The molecule has 0 spiro atoms. The zero-order chi connectivity index (χ0) is 13.3. The van der Waals surface area contributed by atoms with Gasteiger partial charge in [0.2, 0.25) is 5.91 Å². The molecule has 0 saturated heterocycles. The fourth-order valence-corrected chi connectivity index (χ4v) is 2.44. The highest BCUT2D eigenvalue weighted by molar-refractivity contribution is 6.40. The van der Waals surface area contributed by atoms with Crippen LogP contribution in [-0.4, -0.2) is 5.91 Å². The number of amides is 1. The van der Waals surface area contributed by atoms with Crippen molar-refractivity contribution in [2.45, 2.75) is 11.3 Å². The highest BCUT2D eigenvalue weighted by atomic mass is 35.5. The maximum absolute atomic E-state index is 11.2. The molecule has 0 aliphatic heterocycles. The number of alkyl halides is 1. The number of anilines is 1. The van der Waals surface area contributed by atoms with E-state index in [4.69, 9.17) is 34.7 Å². The Morgan fingerprint density at radius 3 is 2.39 bits per heavy atom. The van der Waals surface area contributed by atoms with Gasteiger partial charge < -0.3 is 11.5 Å². The van der Waals surface area contributed by atoms with E-state index in [-0.39, 0.29) is 6.42 Å². The van der Waals surface area contributed by atoms with E-state index in [2.05, 4.69) is 0 Å². The van der Waals surface area contributed by atoms with Crippen molar-refractivity contribution in [2.24, 2.45) is 5.73 Å². The molecule has 0 heterocycles. The molecule has 1 aliphatic rings. The van der Waals surface area contributed by atoms with Gasteiger partial charge >= 0.3 is 0 Å². The fourth-order valence-electron chi connectivity index (χ4n) is 1.87.